The number of nitrogens with one attached hydrogen (secondary N) is 2. The van der Waals surface area contributed by atoms with Crippen LogP contribution >= 0.6 is 0 Å². The second kappa shape index (κ2) is 15.2. The Kier molecular flexibility index (Phi) is 10.2. The fourth-order valence-electron chi connectivity index (χ4n) is 5.47. The van der Waals surface area contributed by atoms with E-state index in [1.165, 1.54) is 0 Å². The van der Waals surface area contributed by atoms with Crippen molar-refractivity contribution in [1.82, 2.24) is 10.9 Å². The zero-order valence-electron chi connectivity index (χ0n) is 26.0. The zero-order valence-corrected chi connectivity index (χ0v) is 26.0. The van der Waals surface area contributed by atoms with Crippen molar-refractivity contribution in [2.75, 3.05) is 20.0 Å². The Morgan fingerprint density at radius 2 is 1.83 bits per heavy atom. The lowest BCUT2D eigenvalue weighted by atomic mass is 9.83. The van der Waals surface area contributed by atoms with E-state index in [0.29, 0.717) is 53.6 Å². The summed E-state index contributed by atoms with van der Waals surface area (Å²) in [6.45, 7) is 0.881. The van der Waals surface area contributed by atoms with Gasteiger partial charge in [0.05, 0.1) is 6.61 Å². The van der Waals surface area contributed by atoms with Gasteiger partial charge in [-0.25, -0.2) is 10.4 Å². The summed E-state index contributed by atoms with van der Waals surface area (Å²) in [6, 6.07) is 29.5. The third-order valence-electron chi connectivity index (χ3n) is 7.87. The average molecular weight is 647 g/mol. The molecule has 48 heavy (non-hydrogen) atoms. The van der Waals surface area contributed by atoms with Gasteiger partial charge in [0.15, 0.2) is 23.1 Å². The third-order valence-corrected chi connectivity index (χ3v) is 7.87. The molecule has 0 aromatic heterocycles. The molecule has 3 N–H and O–H groups in total. The number of carbonyl (C=O) groups excluding carboxylic acids is 1. The van der Waals surface area contributed by atoms with Crippen LogP contribution in [-0.4, -0.2) is 42.5 Å². The third kappa shape index (κ3) is 7.26. The van der Waals surface area contributed by atoms with Crippen LogP contribution in [0.15, 0.2) is 113 Å². The van der Waals surface area contributed by atoms with Gasteiger partial charge >= 0.3 is 0 Å². The summed E-state index contributed by atoms with van der Waals surface area (Å²) in [5.41, 5.74) is 17.0. The van der Waals surface area contributed by atoms with E-state index in [0.717, 1.165) is 11.1 Å². The van der Waals surface area contributed by atoms with Gasteiger partial charge in [0.2, 0.25) is 12.7 Å². The van der Waals surface area contributed by atoms with Crippen LogP contribution < -0.4 is 25.1 Å². The maximum Gasteiger partial charge on any atom is 0.266 e. The highest BCUT2D eigenvalue weighted by Gasteiger charge is 2.53. The summed E-state index contributed by atoms with van der Waals surface area (Å²) in [5.74, 6) is 1.74. The number of rotatable bonds is 14. The number of amides is 1. The maximum absolute atomic E-state index is 14.4. The second-order valence-electron chi connectivity index (χ2n) is 11.0. The van der Waals surface area contributed by atoms with Crippen molar-refractivity contribution in [3.8, 4) is 17.2 Å². The molecular weight excluding hydrogens is 612 g/mol. The normalized spacial score (nSPS) is 17.8. The van der Waals surface area contributed by atoms with Crippen molar-refractivity contribution in [3.63, 3.8) is 0 Å². The summed E-state index contributed by atoms with van der Waals surface area (Å²) in [5, 5.41) is 13.0. The predicted molar refractivity (Wildman–Crippen MR) is 180 cm³/mol. The fourth-order valence-corrected chi connectivity index (χ4v) is 5.47. The van der Waals surface area contributed by atoms with E-state index in [4.69, 9.17) is 29.0 Å². The SMILES string of the molecule is [N-]=[N+]=Nc1ccccc1[C@@H]1OC(c2ccc(OCCCO)cc2)=N[C@]1(C/C=C/c1ccccc1)C(=O)NNCc1ccc2c(c1)OCO2. The minimum atomic E-state index is -1.51. The van der Waals surface area contributed by atoms with Crippen LogP contribution in [0.25, 0.3) is 16.5 Å². The summed E-state index contributed by atoms with van der Waals surface area (Å²) >= 11 is 0. The monoisotopic (exact) mass is 646 g/mol. The van der Waals surface area contributed by atoms with Crippen molar-refractivity contribution in [3.05, 3.63) is 136 Å². The van der Waals surface area contributed by atoms with Crippen LogP contribution in [0.3, 0.4) is 0 Å². The standard InChI is InChI=1S/C36H34N6O6/c37-42-40-30-12-5-4-11-29(30)33-36(19-6-10-25-8-2-1-3-9-25,35(44)41-38-23-26-13-18-31-32(22-26)47-24-46-31)39-34(48-33)27-14-16-28(17-15-27)45-21-7-20-43/h1-6,8-18,22,33,38,43H,7,19-21,23-24H2,(H,41,44)/b10-6+/t33-,36-/m0/s1. The van der Waals surface area contributed by atoms with E-state index in [2.05, 4.69) is 20.9 Å². The number of aliphatic hydroxyl groups excluding tert-OH is 1. The lowest BCUT2D eigenvalue weighted by Crippen LogP contribution is -2.52. The first kappa shape index (κ1) is 32.1. The highest BCUT2D eigenvalue weighted by Crippen LogP contribution is 2.45. The molecule has 4 aromatic rings. The predicted octanol–water partition coefficient (Wildman–Crippen LogP) is 6.30. The van der Waals surface area contributed by atoms with Gasteiger partial charge in [-0.3, -0.25) is 10.2 Å². The molecular formula is C36H34N6O6. The van der Waals surface area contributed by atoms with Crippen LogP contribution in [0, 0.1) is 0 Å². The Bertz CT molecular complexity index is 1840. The summed E-state index contributed by atoms with van der Waals surface area (Å²) in [4.78, 5) is 22.5. The molecule has 2 aliphatic heterocycles. The van der Waals surface area contributed by atoms with E-state index >= 15 is 0 Å². The number of hydrazine groups is 1. The van der Waals surface area contributed by atoms with Gasteiger partial charge in [0, 0.05) is 47.7 Å². The van der Waals surface area contributed by atoms with Crippen molar-refractivity contribution >= 4 is 23.6 Å². The molecule has 244 valence electrons. The summed E-state index contributed by atoms with van der Waals surface area (Å²) in [6.07, 6.45) is 3.53. The number of carbonyl (C=O) groups is 1. The molecule has 0 saturated carbocycles. The number of ether oxygens (including phenoxy) is 4. The highest BCUT2D eigenvalue weighted by atomic mass is 16.7. The van der Waals surface area contributed by atoms with E-state index in [1.54, 1.807) is 48.5 Å². The van der Waals surface area contributed by atoms with Gasteiger partial charge < -0.3 is 24.1 Å². The smallest absolute Gasteiger partial charge is 0.266 e. The number of benzene rings is 4. The molecule has 4 aromatic carbocycles. The minimum absolute atomic E-state index is 0.0376. The Morgan fingerprint density at radius 3 is 2.65 bits per heavy atom. The molecule has 0 aliphatic carbocycles. The first-order valence-electron chi connectivity index (χ1n) is 15.5. The number of hydrogen-bond donors (Lipinski definition) is 3. The van der Waals surface area contributed by atoms with Crippen molar-refractivity contribution in [2.24, 2.45) is 10.1 Å². The quantitative estimate of drug-likeness (QED) is 0.0477. The van der Waals surface area contributed by atoms with Gasteiger partial charge in [0.25, 0.3) is 5.91 Å². The molecule has 2 atom stereocenters. The average Bonchev–Trinajstić information content (AvgIpc) is 3.75. The Balaban J connectivity index is 1.35. The molecule has 0 fully saturated rings. The topological polar surface area (TPSA) is 159 Å². The molecule has 1 amide bonds. The largest absolute Gasteiger partial charge is 0.494 e. The first-order chi connectivity index (χ1) is 23.6. The molecule has 0 unspecified atom stereocenters. The van der Waals surface area contributed by atoms with Crippen LogP contribution in [-0.2, 0) is 16.1 Å². The van der Waals surface area contributed by atoms with Crippen LogP contribution in [0.4, 0.5) is 5.69 Å². The minimum Gasteiger partial charge on any atom is -0.494 e. The number of fused-ring (bicyclic) bond motifs is 1. The molecule has 0 spiro atoms. The van der Waals surface area contributed by atoms with Crippen LogP contribution in [0.1, 0.15) is 41.2 Å². The van der Waals surface area contributed by atoms with Crippen molar-refractivity contribution < 1.29 is 28.8 Å². The second-order valence-corrected chi connectivity index (χ2v) is 11.0. The molecule has 6 rings (SSSR count). The van der Waals surface area contributed by atoms with Crippen LogP contribution in [0.5, 0.6) is 17.2 Å². The van der Waals surface area contributed by atoms with Gasteiger partial charge in [0.1, 0.15) is 5.75 Å². The van der Waals surface area contributed by atoms with Gasteiger partial charge in [-0.15, -0.1) is 0 Å². The fraction of sp³-hybridized carbons (Fsp3) is 0.222. The molecule has 0 radical (unpaired) electrons. The number of nitrogens with zero attached hydrogens (tertiary/aromatic N) is 4. The molecule has 2 heterocycles. The zero-order chi connectivity index (χ0) is 33.2. The van der Waals surface area contributed by atoms with E-state index < -0.39 is 17.6 Å². The molecule has 12 nitrogen and oxygen atoms in total. The lowest BCUT2D eigenvalue weighted by molar-refractivity contribution is -0.129. The Hall–Kier alpha value is -5.81. The highest BCUT2D eigenvalue weighted by molar-refractivity contribution is 6.01. The van der Waals surface area contributed by atoms with Crippen molar-refractivity contribution in [1.29, 1.82) is 0 Å². The molecule has 0 bridgehead atoms. The molecule has 2 aliphatic rings. The summed E-state index contributed by atoms with van der Waals surface area (Å²) in [7, 11) is 0. The molecule has 12 heteroatoms. The van der Waals surface area contributed by atoms with Gasteiger partial charge in [-0.05, 0) is 53.1 Å². The Labute approximate surface area is 277 Å². The molecule has 0 saturated heterocycles. The van der Waals surface area contributed by atoms with E-state index in [-0.39, 0.29) is 25.7 Å². The van der Waals surface area contributed by atoms with E-state index in [9.17, 15) is 10.3 Å². The summed E-state index contributed by atoms with van der Waals surface area (Å²) < 4.78 is 23.1. The van der Waals surface area contributed by atoms with Gasteiger partial charge in [-0.1, -0.05) is 77.9 Å². The number of azide groups is 1. The lowest BCUT2D eigenvalue weighted by Gasteiger charge is -2.30. The maximum atomic E-state index is 14.4. The van der Waals surface area contributed by atoms with E-state index in [1.807, 2.05) is 60.7 Å². The first-order valence-corrected chi connectivity index (χ1v) is 15.5. The van der Waals surface area contributed by atoms with Crippen molar-refractivity contribution in [2.45, 2.75) is 31.0 Å². The van der Waals surface area contributed by atoms with Gasteiger partial charge in [-0.2, -0.15) is 0 Å². The Morgan fingerprint density at radius 1 is 1.04 bits per heavy atom. The number of hydrogen-bond acceptors (Lipinski definition) is 9. The number of aliphatic hydroxyl groups is 1. The number of aliphatic imine (C=N–C) groups is 1. The van der Waals surface area contributed by atoms with Crippen LogP contribution in [0.2, 0.25) is 0 Å².